The summed E-state index contributed by atoms with van der Waals surface area (Å²) in [5, 5.41) is 9.78. The first kappa shape index (κ1) is 25.1. The fraction of sp³-hybridized carbons (Fsp3) is 0.345. The van der Waals surface area contributed by atoms with Gasteiger partial charge in [0.25, 0.3) is 5.56 Å². The molecule has 7 heteroatoms. The first-order chi connectivity index (χ1) is 17.2. The number of ether oxygens (including phenoxy) is 2. The molecule has 7 nitrogen and oxygen atoms in total. The number of likely N-dealkylation sites (tertiary alicyclic amines) is 1. The molecule has 1 unspecified atom stereocenters. The van der Waals surface area contributed by atoms with E-state index in [2.05, 4.69) is 11.1 Å². The molecule has 0 aliphatic carbocycles. The number of H-pyrrole nitrogens is 1. The lowest BCUT2D eigenvalue weighted by atomic mass is 9.87. The SMILES string of the molecule is CC(C)(C)OC(=O)N1CCCC(c2cc(-c3ccccc3OCc3ccccc3)[nH]c(=O)c2C#N)C1. The predicted octanol–water partition coefficient (Wildman–Crippen LogP) is 5.61. The normalized spacial score (nSPS) is 15.7. The van der Waals surface area contributed by atoms with Crippen LogP contribution in [0.5, 0.6) is 5.75 Å². The number of nitrogens with zero attached hydrogens (tertiary/aromatic N) is 2. The summed E-state index contributed by atoms with van der Waals surface area (Å²) in [6.45, 7) is 6.86. The lowest BCUT2D eigenvalue weighted by molar-refractivity contribution is 0.0198. The zero-order valence-corrected chi connectivity index (χ0v) is 20.9. The Kier molecular flexibility index (Phi) is 7.44. The van der Waals surface area contributed by atoms with Crippen LogP contribution in [0.15, 0.2) is 65.5 Å². The Balaban J connectivity index is 1.65. The number of benzene rings is 2. The first-order valence-electron chi connectivity index (χ1n) is 12.2. The van der Waals surface area contributed by atoms with Crippen LogP contribution in [0.4, 0.5) is 4.79 Å². The van der Waals surface area contributed by atoms with E-state index in [4.69, 9.17) is 9.47 Å². The highest BCUT2D eigenvalue weighted by Crippen LogP contribution is 2.34. The van der Waals surface area contributed by atoms with Gasteiger partial charge in [-0.2, -0.15) is 5.26 Å². The standard InChI is InChI=1S/C29H31N3O4/c1-29(2,3)36-28(34)32-15-9-12-21(18-32)23-16-25(31-27(33)24(23)17-30)22-13-7-8-14-26(22)35-19-20-10-5-4-6-11-20/h4-8,10-11,13-14,16,21H,9,12,15,18-19H2,1-3H3,(H,31,33). The molecule has 3 aromatic rings. The molecule has 1 fully saturated rings. The number of amides is 1. The molecular weight excluding hydrogens is 454 g/mol. The third-order valence-electron chi connectivity index (χ3n) is 6.10. The highest BCUT2D eigenvalue weighted by Gasteiger charge is 2.30. The van der Waals surface area contributed by atoms with Crippen molar-refractivity contribution in [1.29, 1.82) is 5.26 Å². The second-order valence-corrected chi connectivity index (χ2v) is 9.99. The van der Waals surface area contributed by atoms with Gasteiger partial charge in [0.05, 0.1) is 5.69 Å². The van der Waals surface area contributed by atoms with Gasteiger partial charge in [-0.3, -0.25) is 4.79 Å². The van der Waals surface area contributed by atoms with E-state index < -0.39 is 11.2 Å². The summed E-state index contributed by atoms with van der Waals surface area (Å²) in [7, 11) is 0. The zero-order valence-electron chi connectivity index (χ0n) is 20.9. The van der Waals surface area contributed by atoms with Gasteiger partial charge in [-0.15, -0.1) is 0 Å². The van der Waals surface area contributed by atoms with Gasteiger partial charge < -0.3 is 19.4 Å². The molecule has 0 bridgehead atoms. The highest BCUT2D eigenvalue weighted by molar-refractivity contribution is 5.70. The Hall–Kier alpha value is -4.05. The fourth-order valence-electron chi connectivity index (χ4n) is 4.44. The van der Waals surface area contributed by atoms with Crippen molar-refractivity contribution in [3.05, 3.63) is 87.7 Å². The molecule has 36 heavy (non-hydrogen) atoms. The van der Waals surface area contributed by atoms with Crippen LogP contribution in [0.25, 0.3) is 11.3 Å². The number of nitrogens with one attached hydrogen (secondary N) is 1. The van der Waals surface area contributed by atoms with Crippen LogP contribution in [0.3, 0.4) is 0 Å². The number of piperidine rings is 1. The average Bonchev–Trinajstić information content (AvgIpc) is 2.87. The number of hydrogen-bond acceptors (Lipinski definition) is 5. The Morgan fingerprint density at radius 2 is 1.86 bits per heavy atom. The minimum Gasteiger partial charge on any atom is -0.488 e. The molecular formula is C29H31N3O4. The smallest absolute Gasteiger partial charge is 0.410 e. The van der Waals surface area contributed by atoms with Gasteiger partial charge in [0.15, 0.2) is 0 Å². The van der Waals surface area contributed by atoms with Gasteiger partial charge >= 0.3 is 6.09 Å². The van der Waals surface area contributed by atoms with Crippen LogP contribution >= 0.6 is 0 Å². The summed E-state index contributed by atoms with van der Waals surface area (Å²) in [4.78, 5) is 30.2. The van der Waals surface area contributed by atoms with Crippen LogP contribution in [0, 0.1) is 11.3 Å². The van der Waals surface area contributed by atoms with E-state index >= 15 is 0 Å². The maximum atomic E-state index is 13.0. The van der Waals surface area contributed by atoms with Gasteiger partial charge in [0.2, 0.25) is 0 Å². The molecule has 0 spiro atoms. The maximum Gasteiger partial charge on any atom is 0.410 e. The van der Waals surface area contributed by atoms with E-state index in [1.165, 1.54) is 0 Å². The minimum atomic E-state index is -0.595. The Bertz CT molecular complexity index is 1320. The number of hydrogen-bond donors (Lipinski definition) is 1. The van der Waals surface area contributed by atoms with Crippen molar-refractivity contribution in [2.75, 3.05) is 13.1 Å². The molecule has 1 atom stereocenters. The van der Waals surface area contributed by atoms with Crippen LogP contribution in [-0.4, -0.2) is 34.7 Å². The quantitative estimate of drug-likeness (QED) is 0.507. The Labute approximate surface area is 211 Å². The number of carbonyl (C=O) groups is 1. The van der Waals surface area contributed by atoms with Crippen molar-refractivity contribution in [1.82, 2.24) is 9.88 Å². The summed E-state index contributed by atoms with van der Waals surface area (Å²) in [5.74, 6) is 0.478. The van der Waals surface area contributed by atoms with Gasteiger partial charge in [-0.05, 0) is 62.9 Å². The van der Waals surface area contributed by atoms with Crippen LogP contribution in [0.1, 0.15) is 56.2 Å². The van der Waals surface area contributed by atoms with E-state index in [9.17, 15) is 14.9 Å². The molecule has 1 aromatic heterocycles. The van der Waals surface area contributed by atoms with Gasteiger partial charge in [0, 0.05) is 24.6 Å². The number of para-hydroxylation sites is 1. The minimum absolute atomic E-state index is 0.0810. The lowest BCUT2D eigenvalue weighted by Crippen LogP contribution is -2.42. The predicted molar refractivity (Wildman–Crippen MR) is 138 cm³/mol. The summed E-state index contributed by atoms with van der Waals surface area (Å²) in [6.07, 6.45) is 1.15. The van der Waals surface area contributed by atoms with Crippen LogP contribution < -0.4 is 10.3 Å². The van der Waals surface area contributed by atoms with Gasteiger partial charge in [0.1, 0.15) is 29.6 Å². The van der Waals surface area contributed by atoms with Gasteiger partial charge in [-0.25, -0.2) is 4.79 Å². The monoisotopic (exact) mass is 485 g/mol. The topological polar surface area (TPSA) is 95.4 Å². The highest BCUT2D eigenvalue weighted by atomic mass is 16.6. The Morgan fingerprint density at radius 3 is 2.58 bits per heavy atom. The molecule has 2 heterocycles. The molecule has 4 rings (SSSR count). The molecule has 1 saturated heterocycles. The van der Waals surface area contributed by atoms with Crippen molar-refractivity contribution < 1.29 is 14.3 Å². The maximum absolute atomic E-state index is 13.0. The molecule has 1 aliphatic heterocycles. The van der Waals surface area contributed by atoms with Crippen molar-refractivity contribution in [2.24, 2.45) is 0 Å². The number of rotatable bonds is 5. The number of aromatic nitrogens is 1. The first-order valence-corrected chi connectivity index (χ1v) is 12.2. The molecule has 2 aromatic carbocycles. The number of pyridine rings is 1. The summed E-state index contributed by atoms with van der Waals surface area (Å²) in [6, 6.07) is 21.3. The summed E-state index contributed by atoms with van der Waals surface area (Å²) in [5.41, 5.74) is 2.02. The summed E-state index contributed by atoms with van der Waals surface area (Å²) >= 11 is 0. The van der Waals surface area contributed by atoms with E-state index in [-0.39, 0.29) is 17.6 Å². The van der Waals surface area contributed by atoms with Crippen LogP contribution in [0.2, 0.25) is 0 Å². The third-order valence-corrected chi connectivity index (χ3v) is 6.10. The number of carbonyl (C=O) groups excluding carboxylic acids is 1. The van der Waals surface area contributed by atoms with E-state index in [0.29, 0.717) is 36.7 Å². The number of nitriles is 1. The largest absolute Gasteiger partial charge is 0.488 e. The lowest BCUT2D eigenvalue weighted by Gasteiger charge is -2.34. The average molecular weight is 486 g/mol. The van der Waals surface area contributed by atoms with Crippen molar-refractivity contribution in [3.63, 3.8) is 0 Å². The molecule has 186 valence electrons. The number of aromatic amines is 1. The van der Waals surface area contributed by atoms with Gasteiger partial charge in [-0.1, -0.05) is 42.5 Å². The fourth-order valence-corrected chi connectivity index (χ4v) is 4.44. The second-order valence-electron chi connectivity index (χ2n) is 9.99. The molecule has 1 N–H and O–H groups in total. The van der Waals surface area contributed by atoms with Crippen molar-refractivity contribution in [3.8, 4) is 23.1 Å². The van der Waals surface area contributed by atoms with Crippen molar-refractivity contribution in [2.45, 2.75) is 51.7 Å². The molecule has 1 aliphatic rings. The molecule has 0 saturated carbocycles. The second kappa shape index (κ2) is 10.7. The third kappa shape index (κ3) is 5.95. The van der Waals surface area contributed by atoms with Crippen molar-refractivity contribution >= 4 is 6.09 Å². The molecule has 0 radical (unpaired) electrons. The summed E-state index contributed by atoms with van der Waals surface area (Å²) < 4.78 is 11.6. The van der Waals surface area contributed by atoms with Crippen LogP contribution in [-0.2, 0) is 11.3 Å². The molecule has 1 amide bonds. The Morgan fingerprint density at radius 1 is 1.14 bits per heavy atom. The van der Waals surface area contributed by atoms with E-state index in [1.807, 2.05) is 81.4 Å². The van der Waals surface area contributed by atoms with E-state index in [0.717, 1.165) is 24.0 Å². The van der Waals surface area contributed by atoms with E-state index in [1.54, 1.807) is 4.90 Å². The zero-order chi connectivity index (χ0) is 25.7.